The number of ether oxygens (including phenoxy) is 1. The normalized spacial score (nSPS) is 16.4. The molecule has 110 valence electrons. The van der Waals surface area contributed by atoms with E-state index in [1.165, 1.54) is 0 Å². The van der Waals surface area contributed by atoms with E-state index in [1.807, 2.05) is 7.05 Å². The number of aldehydes is 1. The number of aliphatic imine (C=N–C) groups is 1. The molecule has 0 N–H and O–H groups in total. The Morgan fingerprint density at radius 2 is 2.35 bits per heavy atom. The second-order valence-electron chi connectivity index (χ2n) is 5.32. The van der Waals surface area contributed by atoms with Gasteiger partial charge in [-0.25, -0.2) is 9.67 Å². The molecule has 0 aliphatic carbocycles. The summed E-state index contributed by atoms with van der Waals surface area (Å²) in [5, 5.41) is 4.29. The first-order valence-electron chi connectivity index (χ1n) is 6.98. The predicted molar refractivity (Wildman–Crippen MR) is 77.7 cm³/mol. The molecule has 0 saturated carbocycles. The van der Waals surface area contributed by atoms with E-state index in [9.17, 15) is 4.79 Å². The molecule has 0 bridgehead atoms. The molecule has 2 heterocycles. The van der Waals surface area contributed by atoms with Crippen LogP contribution < -0.4 is 0 Å². The molecule has 1 saturated heterocycles. The molecular weight excluding hydrogens is 256 g/mol. The highest BCUT2D eigenvalue weighted by molar-refractivity contribution is 5.89. The minimum atomic E-state index is 0.183. The second-order valence-corrected chi connectivity index (χ2v) is 5.32. The molecule has 0 atom stereocenters. The average molecular weight is 278 g/mol. The van der Waals surface area contributed by atoms with Crippen molar-refractivity contribution >= 4 is 17.9 Å². The van der Waals surface area contributed by atoms with Crippen molar-refractivity contribution in [3.05, 3.63) is 11.8 Å². The molecule has 0 radical (unpaired) electrons. The quantitative estimate of drug-likeness (QED) is 0.469. The van der Waals surface area contributed by atoms with Crippen LogP contribution in [0.25, 0.3) is 0 Å². The number of amidine groups is 1. The topological polar surface area (TPSA) is 59.7 Å². The summed E-state index contributed by atoms with van der Waals surface area (Å²) in [6, 6.07) is 0.183. The van der Waals surface area contributed by atoms with Crippen molar-refractivity contribution in [1.82, 2.24) is 14.7 Å². The number of aromatic nitrogens is 2. The number of hydrogen-bond donors (Lipinski definition) is 0. The molecule has 0 unspecified atom stereocenters. The SMILES string of the molecule is CCN(C)/C(=N\c1c(C=O)cnn1C1COC1)C(C)C. The van der Waals surface area contributed by atoms with Crippen LogP contribution in [-0.4, -0.2) is 53.6 Å². The Morgan fingerprint density at radius 1 is 1.65 bits per heavy atom. The lowest BCUT2D eigenvalue weighted by Crippen LogP contribution is -2.32. The van der Waals surface area contributed by atoms with Crippen LogP contribution in [0.2, 0.25) is 0 Å². The Morgan fingerprint density at radius 3 is 2.80 bits per heavy atom. The van der Waals surface area contributed by atoms with Crippen LogP contribution in [0.1, 0.15) is 37.2 Å². The van der Waals surface area contributed by atoms with Crippen molar-refractivity contribution in [3.8, 4) is 0 Å². The Bertz CT molecular complexity index is 503. The Kier molecular flexibility index (Phi) is 4.54. The number of nitrogens with zero attached hydrogens (tertiary/aromatic N) is 4. The highest BCUT2D eigenvalue weighted by Gasteiger charge is 2.26. The van der Waals surface area contributed by atoms with Crippen LogP contribution in [0, 0.1) is 5.92 Å². The molecule has 2 rings (SSSR count). The van der Waals surface area contributed by atoms with Gasteiger partial charge in [0.1, 0.15) is 11.9 Å². The van der Waals surface area contributed by atoms with E-state index in [-0.39, 0.29) is 12.0 Å². The molecule has 6 heteroatoms. The fourth-order valence-corrected chi connectivity index (χ4v) is 2.13. The summed E-state index contributed by atoms with van der Waals surface area (Å²) in [6.45, 7) is 8.40. The van der Waals surface area contributed by atoms with E-state index < -0.39 is 0 Å². The van der Waals surface area contributed by atoms with Crippen molar-refractivity contribution in [2.45, 2.75) is 26.8 Å². The van der Waals surface area contributed by atoms with Gasteiger partial charge < -0.3 is 9.64 Å². The number of rotatable bonds is 5. The van der Waals surface area contributed by atoms with Gasteiger partial charge in [-0.05, 0) is 6.92 Å². The van der Waals surface area contributed by atoms with E-state index >= 15 is 0 Å². The van der Waals surface area contributed by atoms with Crippen molar-refractivity contribution in [2.75, 3.05) is 26.8 Å². The van der Waals surface area contributed by atoms with Crippen LogP contribution in [-0.2, 0) is 4.74 Å². The van der Waals surface area contributed by atoms with Gasteiger partial charge in [0.25, 0.3) is 0 Å². The summed E-state index contributed by atoms with van der Waals surface area (Å²) < 4.78 is 7.00. The maximum atomic E-state index is 11.2. The molecule has 20 heavy (non-hydrogen) atoms. The van der Waals surface area contributed by atoms with E-state index in [1.54, 1.807) is 10.9 Å². The zero-order valence-electron chi connectivity index (χ0n) is 12.5. The molecule has 1 aliphatic rings. The third kappa shape index (κ3) is 2.75. The standard InChI is InChI=1S/C14H22N4O2/c1-5-17(4)13(10(2)3)16-14-11(7-19)6-15-18(14)12-8-20-9-12/h6-7,10,12H,5,8-9H2,1-4H3/b16-13-. The zero-order chi connectivity index (χ0) is 14.7. The first-order chi connectivity index (χ1) is 9.58. The fourth-order valence-electron chi connectivity index (χ4n) is 2.13. The Hall–Kier alpha value is -1.69. The molecule has 6 nitrogen and oxygen atoms in total. The molecule has 1 aromatic rings. The summed E-state index contributed by atoms with van der Waals surface area (Å²) in [5.74, 6) is 1.87. The van der Waals surface area contributed by atoms with Gasteiger partial charge in [-0.1, -0.05) is 13.8 Å². The monoisotopic (exact) mass is 278 g/mol. The van der Waals surface area contributed by atoms with Gasteiger partial charge in [0, 0.05) is 19.5 Å². The Labute approximate surface area is 119 Å². The largest absolute Gasteiger partial charge is 0.377 e. The lowest BCUT2D eigenvalue weighted by atomic mass is 10.2. The Balaban J connectivity index is 2.43. The van der Waals surface area contributed by atoms with E-state index in [0.717, 1.165) is 18.7 Å². The highest BCUT2D eigenvalue weighted by Crippen LogP contribution is 2.27. The number of hydrogen-bond acceptors (Lipinski definition) is 4. The van der Waals surface area contributed by atoms with Crippen molar-refractivity contribution in [3.63, 3.8) is 0 Å². The first-order valence-corrected chi connectivity index (χ1v) is 6.98. The molecule has 0 spiro atoms. The summed E-state index contributed by atoms with van der Waals surface area (Å²) in [6.07, 6.45) is 2.39. The van der Waals surface area contributed by atoms with Crippen LogP contribution >= 0.6 is 0 Å². The zero-order valence-corrected chi connectivity index (χ0v) is 12.5. The van der Waals surface area contributed by atoms with Crippen LogP contribution in [0.3, 0.4) is 0 Å². The van der Waals surface area contributed by atoms with Crippen LogP contribution in [0.5, 0.6) is 0 Å². The van der Waals surface area contributed by atoms with Crippen molar-refractivity contribution < 1.29 is 9.53 Å². The van der Waals surface area contributed by atoms with Crippen molar-refractivity contribution in [2.24, 2.45) is 10.9 Å². The van der Waals surface area contributed by atoms with E-state index in [2.05, 4.69) is 30.8 Å². The first kappa shape index (κ1) is 14.7. The third-order valence-corrected chi connectivity index (χ3v) is 3.49. The maximum absolute atomic E-state index is 11.2. The molecular formula is C14H22N4O2. The molecule has 1 aromatic heterocycles. The average Bonchev–Trinajstić information content (AvgIpc) is 2.75. The molecule has 1 fully saturated rings. The van der Waals surface area contributed by atoms with Gasteiger partial charge in [-0.2, -0.15) is 5.10 Å². The molecule has 0 amide bonds. The highest BCUT2D eigenvalue weighted by atomic mass is 16.5. The smallest absolute Gasteiger partial charge is 0.163 e. The van der Waals surface area contributed by atoms with Gasteiger partial charge in [-0.15, -0.1) is 0 Å². The number of carbonyl (C=O) groups excluding carboxylic acids is 1. The summed E-state index contributed by atoms with van der Waals surface area (Å²) >= 11 is 0. The summed E-state index contributed by atoms with van der Waals surface area (Å²) in [4.78, 5) is 18.0. The summed E-state index contributed by atoms with van der Waals surface area (Å²) in [5.41, 5.74) is 0.527. The van der Waals surface area contributed by atoms with Gasteiger partial charge >= 0.3 is 0 Å². The lowest BCUT2D eigenvalue weighted by Gasteiger charge is -2.28. The maximum Gasteiger partial charge on any atom is 0.163 e. The lowest BCUT2D eigenvalue weighted by molar-refractivity contribution is -0.0278. The van der Waals surface area contributed by atoms with Gasteiger partial charge in [-0.3, -0.25) is 4.79 Å². The van der Waals surface area contributed by atoms with Crippen LogP contribution in [0.15, 0.2) is 11.2 Å². The number of carbonyl (C=O) groups is 1. The van der Waals surface area contributed by atoms with Gasteiger partial charge in [0.15, 0.2) is 12.1 Å². The minimum Gasteiger partial charge on any atom is -0.377 e. The summed E-state index contributed by atoms with van der Waals surface area (Å²) in [7, 11) is 2.01. The van der Waals surface area contributed by atoms with Gasteiger partial charge in [0.05, 0.1) is 25.0 Å². The van der Waals surface area contributed by atoms with Crippen molar-refractivity contribution in [1.29, 1.82) is 0 Å². The third-order valence-electron chi connectivity index (χ3n) is 3.49. The molecule has 0 aromatic carbocycles. The molecule has 1 aliphatic heterocycles. The van der Waals surface area contributed by atoms with E-state index in [0.29, 0.717) is 24.6 Å². The van der Waals surface area contributed by atoms with E-state index in [4.69, 9.17) is 9.73 Å². The minimum absolute atomic E-state index is 0.183. The predicted octanol–water partition coefficient (Wildman–Crippen LogP) is 1.90. The fraction of sp³-hybridized carbons (Fsp3) is 0.643. The van der Waals surface area contributed by atoms with Crippen LogP contribution in [0.4, 0.5) is 5.82 Å². The second kappa shape index (κ2) is 6.17. The van der Waals surface area contributed by atoms with Gasteiger partial charge in [0.2, 0.25) is 0 Å².